The summed E-state index contributed by atoms with van der Waals surface area (Å²) in [5.74, 6) is 0.545. The van der Waals surface area contributed by atoms with Gasteiger partial charge in [-0.15, -0.1) is 0 Å². The van der Waals surface area contributed by atoms with E-state index in [0.717, 1.165) is 18.3 Å². The molecule has 4 nitrogen and oxygen atoms in total. The van der Waals surface area contributed by atoms with Crippen LogP contribution in [0.15, 0.2) is 0 Å². The second-order valence-corrected chi connectivity index (χ2v) is 6.75. The van der Waals surface area contributed by atoms with E-state index in [1.165, 1.54) is 25.7 Å². The van der Waals surface area contributed by atoms with Crippen molar-refractivity contribution < 1.29 is 14.7 Å². The molecule has 0 aromatic carbocycles. The molecule has 122 valence electrons. The van der Waals surface area contributed by atoms with Crippen LogP contribution in [0.3, 0.4) is 0 Å². The average Bonchev–Trinajstić information content (AvgIpc) is 2.44. The third-order valence-electron chi connectivity index (χ3n) is 5.23. The summed E-state index contributed by atoms with van der Waals surface area (Å²) in [7, 11) is 0. The summed E-state index contributed by atoms with van der Waals surface area (Å²) in [6.07, 6.45) is 7.26. The third-order valence-corrected chi connectivity index (χ3v) is 5.23. The Morgan fingerprint density at radius 1 is 1.24 bits per heavy atom. The number of hydrogen-bond donors (Lipinski definition) is 2. The average molecular weight is 297 g/mol. The van der Waals surface area contributed by atoms with Gasteiger partial charge < -0.3 is 10.4 Å². The van der Waals surface area contributed by atoms with Crippen LogP contribution < -0.4 is 5.32 Å². The summed E-state index contributed by atoms with van der Waals surface area (Å²) in [5, 5.41) is 12.3. The van der Waals surface area contributed by atoms with Crippen molar-refractivity contribution in [3.8, 4) is 0 Å². The molecule has 1 aliphatic carbocycles. The molecule has 1 fully saturated rings. The summed E-state index contributed by atoms with van der Waals surface area (Å²) < 4.78 is 0. The van der Waals surface area contributed by atoms with E-state index in [4.69, 9.17) is 0 Å². The summed E-state index contributed by atoms with van der Waals surface area (Å²) >= 11 is 0. The Morgan fingerprint density at radius 3 is 2.43 bits per heavy atom. The molecule has 1 saturated carbocycles. The van der Waals surface area contributed by atoms with E-state index in [-0.39, 0.29) is 12.3 Å². The lowest BCUT2D eigenvalue weighted by Crippen LogP contribution is -2.37. The van der Waals surface area contributed by atoms with Crippen LogP contribution in [0.5, 0.6) is 0 Å². The fourth-order valence-electron chi connectivity index (χ4n) is 3.49. The van der Waals surface area contributed by atoms with E-state index in [1.807, 2.05) is 13.8 Å². The highest BCUT2D eigenvalue weighted by Gasteiger charge is 2.37. The quantitative estimate of drug-likeness (QED) is 0.719. The number of carbonyl (C=O) groups excluding carboxylic acids is 1. The van der Waals surface area contributed by atoms with Crippen molar-refractivity contribution in [3.63, 3.8) is 0 Å². The Labute approximate surface area is 128 Å². The predicted octanol–water partition coefficient (Wildman–Crippen LogP) is 3.60. The number of carboxylic acid groups (broad SMARTS) is 1. The molecule has 0 radical (unpaired) electrons. The van der Waals surface area contributed by atoms with Crippen molar-refractivity contribution in [3.05, 3.63) is 0 Å². The Hall–Kier alpha value is -1.06. The zero-order chi connectivity index (χ0) is 15.9. The van der Waals surface area contributed by atoms with Gasteiger partial charge in [-0.05, 0) is 37.5 Å². The molecule has 0 aromatic rings. The first-order valence-electron chi connectivity index (χ1n) is 8.43. The number of carbonyl (C=O) groups is 2. The van der Waals surface area contributed by atoms with Gasteiger partial charge in [0.2, 0.25) is 5.91 Å². The fourth-order valence-corrected chi connectivity index (χ4v) is 3.49. The van der Waals surface area contributed by atoms with Gasteiger partial charge in [-0.1, -0.05) is 40.0 Å². The lowest BCUT2D eigenvalue weighted by atomic mass is 9.79. The molecule has 2 atom stereocenters. The summed E-state index contributed by atoms with van der Waals surface area (Å²) in [4.78, 5) is 23.4. The second-order valence-electron chi connectivity index (χ2n) is 6.75. The Bertz CT molecular complexity index is 350. The Kier molecular flexibility index (Phi) is 7.20. The molecule has 1 aliphatic rings. The van der Waals surface area contributed by atoms with Crippen molar-refractivity contribution in [2.45, 2.75) is 72.1 Å². The van der Waals surface area contributed by atoms with E-state index < -0.39 is 11.4 Å². The van der Waals surface area contributed by atoms with Crippen molar-refractivity contribution in [2.24, 2.45) is 17.3 Å². The van der Waals surface area contributed by atoms with Crippen LogP contribution in [0.25, 0.3) is 0 Å². The molecular formula is C17H31NO3. The zero-order valence-electron chi connectivity index (χ0n) is 13.8. The monoisotopic (exact) mass is 297 g/mol. The predicted molar refractivity (Wildman–Crippen MR) is 84.0 cm³/mol. The molecule has 0 aromatic heterocycles. The third kappa shape index (κ3) is 5.33. The number of hydrogen-bond acceptors (Lipinski definition) is 2. The minimum atomic E-state index is -0.899. The molecule has 4 heteroatoms. The normalized spacial score (nSPS) is 22.8. The van der Waals surface area contributed by atoms with E-state index in [9.17, 15) is 14.7 Å². The highest BCUT2D eigenvalue weighted by molar-refractivity contribution is 5.84. The maximum Gasteiger partial charge on any atom is 0.310 e. The molecule has 0 spiro atoms. The van der Waals surface area contributed by atoms with Gasteiger partial charge >= 0.3 is 5.97 Å². The molecule has 2 unspecified atom stereocenters. The first-order valence-corrected chi connectivity index (χ1v) is 8.43. The van der Waals surface area contributed by atoms with Crippen LogP contribution in [-0.2, 0) is 9.59 Å². The number of carboxylic acids is 1. The van der Waals surface area contributed by atoms with E-state index in [1.54, 1.807) is 0 Å². The SMILES string of the molecule is CCC(CC)(CC(=O)NCCC1CCCC(C)C1)C(=O)O. The lowest BCUT2D eigenvalue weighted by Gasteiger charge is -2.28. The van der Waals surface area contributed by atoms with Crippen molar-refractivity contribution in [1.29, 1.82) is 0 Å². The van der Waals surface area contributed by atoms with Gasteiger partial charge in [0.15, 0.2) is 0 Å². The van der Waals surface area contributed by atoms with Gasteiger partial charge in [-0.25, -0.2) is 0 Å². The van der Waals surface area contributed by atoms with Crippen LogP contribution in [0, 0.1) is 17.3 Å². The van der Waals surface area contributed by atoms with Crippen LogP contribution >= 0.6 is 0 Å². The minimum Gasteiger partial charge on any atom is -0.481 e. The Morgan fingerprint density at radius 2 is 1.90 bits per heavy atom. The van der Waals surface area contributed by atoms with Crippen LogP contribution in [0.1, 0.15) is 72.1 Å². The van der Waals surface area contributed by atoms with Crippen LogP contribution in [0.2, 0.25) is 0 Å². The molecular weight excluding hydrogens is 266 g/mol. The molecule has 0 aliphatic heterocycles. The van der Waals surface area contributed by atoms with Gasteiger partial charge in [0.05, 0.1) is 5.41 Å². The van der Waals surface area contributed by atoms with Gasteiger partial charge in [-0.2, -0.15) is 0 Å². The summed E-state index contributed by atoms with van der Waals surface area (Å²) in [6.45, 7) is 6.66. The van der Waals surface area contributed by atoms with E-state index in [0.29, 0.717) is 19.4 Å². The molecule has 1 rings (SSSR count). The number of aliphatic carboxylic acids is 1. The smallest absolute Gasteiger partial charge is 0.310 e. The van der Waals surface area contributed by atoms with E-state index in [2.05, 4.69) is 12.2 Å². The molecule has 2 N–H and O–H groups in total. The maximum atomic E-state index is 12.0. The van der Waals surface area contributed by atoms with Crippen molar-refractivity contribution in [2.75, 3.05) is 6.54 Å². The summed E-state index contributed by atoms with van der Waals surface area (Å²) in [6, 6.07) is 0. The molecule has 0 bridgehead atoms. The highest BCUT2D eigenvalue weighted by atomic mass is 16.4. The topological polar surface area (TPSA) is 66.4 Å². The number of amides is 1. The maximum absolute atomic E-state index is 12.0. The zero-order valence-corrected chi connectivity index (χ0v) is 13.8. The highest BCUT2D eigenvalue weighted by Crippen LogP contribution is 2.32. The van der Waals surface area contributed by atoms with Crippen molar-refractivity contribution >= 4 is 11.9 Å². The minimum absolute atomic E-state index is 0.0937. The van der Waals surface area contributed by atoms with Crippen LogP contribution in [0.4, 0.5) is 0 Å². The Balaban J connectivity index is 2.34. The molecule has 0 heterocycles. The van der Waals surface area contributed by atoms with Crippen LogP contribution in [-0.4, -0.2) is 23.5 Å². The van der Waals surface area contributed by atoms with Crippen molar-refractivity contribution in [1.82, 2.24) is 5.32 Å². The first kappa shape index (κ1) is 18.0. The summed E-state index contributed by atoms with van der Waals surface area (Å²) in [5.41, 5.74) is -0.899. The standard InChI is InChI=1S/C17H31NO3/c1-4-17(5-2,16(20)21)12-15(19)18-10-9-14-8-6-7-13(3)11-14/h13-14H,4-12H2,1-3H3,(H,18,19)(H,20,21). The molecule has 0 saturated heterocycles. The van der Waals surface area contributed by atoms with E-state index >= 15 is 0 Å². The van der Waals surface area contributed by atoms with Gasteiger partial charge in [-0.3, -0.25) is 9.59 Å². The molecule has 21 heavy (non-hydrogen) atoms. The number of rotatable bonds is 8. The van der Waals surface area contributed by atoms with Gasteiger partial charge in [0, 0.05) is 13.0 Å². The second kappa shape index (κ2) is 8.40. The molecule has 1 amide bonds. The van der Waals surface area contributed by atoms with Gasteiger partial charge in [0.25, 0.3) is 0 Å². The van der Waals surface area contributed by atoms with Gasteiger partial charge in [0.1, 0.15) is 0 Å². The lowest BCUT2D eigenvalue weighted by molar-refractivity contribution is -0.152. The fraction of sp³-hybridized carbons (Fsp3) is 0.882. The largest absolute Gasteiger partial charge is 0.481 e. The first-order chi connectivity index (χ1) is 9.93. The number of nitrogens with one attached hydrogen (secondary N) is 1.